The molecule has 0 amide bonds. The third-order valence-electron chi connectivity index (χ3n) is 4.86. The second-order valence-electron chi connectivity index (χ2n) is 6.26. The van der Waals surface area contributed by atoms with Gasteiger partial charge in [-0.15, -0.1) is 0 Å². The zero-order valence-corrected chi connectivity index (χ0v) is 14.2. The van der Waals surface area contributed by atoms with Crippen molar-refractivity contribution in [1.82, 2.24) is 3.97 Å². The SMILES string of the molecule is O=S(=O)(c1ccccc1)n1c2c(c3ccccc31)Cc1ccccc1-2. The Morgan fingerprint density at radius 1 is 0.760 bits per heavy atom. The van der Waals surface area contributed by atoms with E-state index in [-0.39, 0.29) is 0 Å². The average molecular weight is 345 g/mol. The molecule has 0 bridgehead atoms. The Bertz CT molecular complexity index is 1220. The topological polar surface area (TPSA) is 39.1 Å². The van der Waals surface area contributed by atoms with Crippen LogP contribution in [0.15, 0.2) is 83.8 Å². The highest BCUT2D eigenvalue weighted by Gasteiger charge is 2.31. The monoisotopic (exact) mass is 345 g/mol. The summed E-state index contributed by atoms with van der Waals surface area (Å²) in [6.45, 7) is 0. The largest absolute Gasteiger partial charge is 0.268 e. The van der Waals surface area contributed by atoms with Gasteiger partial charge in [0.05, 0.1) is 16.1 Å². The van der Waals surface area contributed by atoms with Crippen LogP contribution in [-0.2, 0) is 16.4 Å². The summed E-state index contributed by atoms with van der Waals surface area (Å²) in [6, 6.07) is 24.4. The Labute approximate surface area is 146 Å². The zero-order valence-electron chi connectivity index (χ0n) is 13.4. The van der Waals surface area contributed by atoms with Crippen molar-refractivity contribution in [2.24, 2.45) is 0 Å². The van der Waals surface area contributed by atoms with E-state index in [1.807, 2.05) is 48.5 Å². The smallest absolute Gasteiger partial charge is 0.233 e. The molecule has 0 spiro atoms. The molecular weight excluding hydrogens is 330 g/mol. The van der Waals surface area contributed by atoms with Gasteiger partial charge >= 0.3 is 0 Å². The second kappa shape index (κ2) is 5.07. The molecule has 1 aromatic heterocycles. The fourth-order valence-electron chi connectivity index (χ4n) is 3.77. The van der Waals surface area contributed by atoms with Crippen LogP contribution in [-0.4, -0.2) is 12.4 Å². The van der Waals surface area contributed by atoms with Crippen molar-refractivity contribution in [3.8, 4) is 11.3 Å². The van der Waals surface area contributed by atoms with Crippen LogP contribution in [0, 0.1) is 0 Å². The lowest BCUT2D eigenvalue weighted by molar-refractivity contribution is 0.589. The van der Waals surface area contributed by atoms with E-state index < -0.39 is 10.0 Å². The van der Waals surface area contributed by atoms with Gasteiger partial charge < -0.3 is 0 Å². The van der Waals surface area contributed by atoms with Crippen molar-refractivity contribution >= 4 is 20.9 Å². The highest BCUT2D eigenvalue weighted by molar-refractivity contribution is 7.90. The van der Waals surface area contributed by atoms with Crippen LogP contribution in [0.1, 0.15) is 11.1 Å². The number of hydrogen-bond acceptors (Lipinski definition) is 2. The van der Waals surface area contributed by atoms with E-state index in [1.165, 1.54) is 9.54 Å². The Morgan fingerprint density at radius 3 is 2.28 bits per heavy atom. The summed E-state index contributed by atoms with van der Waals surface area (Å²) in [5, 5.41) is 1.01. The molecule has 3 aromatic carbocycles. The molecule has 25 heavy (non-hydrogen) atoms. The Morgan fingerprint density at radius 2 is 1.44 bits per heavy atom. The van der Waals surface area contributed by atoms with Crippen molar-refractivity contribution < 1.29 is 8.42 Å². The quantitative estimate of drug-likeness (QED) is 0.474. The van der Waals surface area contributed by atoms with E-state index in [4.69, 9.17) is 0 Å². The van der Waals surface area contributed by atoms with Crippen LogP contribution in [0.3, 0.4) is 0 Å². The molecule has 4 heteroatoms. The number of nitrogens with zero attached hydrogens (tertiary/aromatic N) is 1. The van der Waals surface area contributed by atoms with Crippen LogP contribution in [0.2, 0.25) is 0 Å². The second-order valence-corrected chi connectivity index (χ2v) is 8.05. The van der Waals surface area contributed by atoms with E-state index in [0.29, 0.717) is 4.90 Å². The molecule has 0 saturated heterocycles. The highest BCUT2D eigenvalue weighted by Crippen LogP contribution is 2.44. The number of para-hydroxylation sites is 1. The molecule has 0 fully saturated rings. The van der Waals surface area contributed by atoms with Crippen LogP contribution in [0.5, 0.6) is 0 Å². The van der Waals surface area contributed by atoms with Crippen molar-refractivity contribution in [2.45, 2.75) is 11.3 Å². The van der Waals surface area contributed by atoms with E-state index >= 15 is 0 Å². The van der Waals surface area contributed by atoms with Crippen molar-refractivity contribution in [2.75, 3.05) is 0 Å². The number of hydrogen-bond donors (Lipinski definition) is 0. The molecule has 122 valence electrons. The minimum absolute atomic E-state index is 0.308. The van der Waals surface area contributed by atoms with Crippen LogP contribution >= 0.6 is 0 Å². The fraction of sp³-hybridized carbons (Fsp3) is 0.0476. The normalized spacial score (nSPS) is 13.0. The summed E-state index contributed by atoms with van der Waals surface area (Å²) in [7, 11) is -3.67. The standard InChI is InChI=1S/C21H15NO2S/c23-25(24,16-9-2-1-3-10-16)22-20-13-7-6-12-18(20)19-14-15-8-4-5-11-17(15)21(19)22/h1-13H,14H2. The Hall–Kier alpha value is -2.85. The zero-order chi connectivity index (χ0) is 17.0. The third kappa shape index (κ3) is 1.94. The van der Waals surface area contributed by atoms with Gasteiger partial charge in [0, 0.05) is 17.4 Å². The predicted octanol–water partition coefficient (Wildman–Crippen LogP) is 4.45. The summed E-state index contributed by atoms with van der Waals surface area (Å²) in [4.78, 5) is 0.308. The summed E-state index contributed by atoms with van der Waals surface area (Å²) in [6.07, 6.45) is 0.767. The molecule has 0 aliphatic heterocycles. The first kappa shape index (κ1) is 14.5. The van der Waals surface area contributed by atoms with Crippen LogP contribution in [0.25, 0.3) is 22.2 Å². The highest BCUT2D eigenvalue weighted by atomic mass is 32.2. The molecule has 0 unspecified atom stereocenters. The summed E-state index contributed by atoms with van der Waals surface area (Å²) >= 11 is 0. The fourth-order valence-corrected chi connectivity index (χ4v) is 5.35. The summed E-state index contributed by atoms with van der Waals surface area (Å²) in [5.74, 6) is 0. The van der Waals surface area contributed by atoms with Gasteiger partial charge in [-0.25, -0.2) is 12.4 Å². The maximum absolute atomic E-state index is 13.4. The summed E-state index contributed by atoms with van der Waals surface area (Å²) < 4.78 is 28.4. The first-order valence-electron chi connectivity index (χ1n) is 8.19. The molecule has 1 aliphatic rings. The third-order valence-corrected chi connectivity index (χ3v) is 6.59. The van der Waals surface area contributed by atoms with E-state index in [1.54, 1.807) is 24.3 Å². The lowest BCUT2D eigenvalue weighted by Crippen LogP contribution is -2.14. The number of fused-ring (bicyclic) bond motifs is 5. The van der Waals surface area contributed by atoms with E-state index in [2.05, 4.69) is 6.07 Å². The number of benzene rings is 3. The van der Waals surface area contributed by atoms with Gasteiger partial charge in [-0.3, -0.25) is 0 Å². The maximum Gasteiger partial charge on any atom is 0.268 e. The molecule has 0 radical (unpaired) electrons. The lowest BCUT2D eigenvalue weighted by atomic mass is 10.1. The van der Waals surface area contributed by atoms with Gasteiger partial charge in [0.15, 0.2) is 0 Å². The van der Waals surface area contributed by atoms with Gasteiger partial charge in [-0.05, 0) is 29.3 Å². The maximum atomic E-state index is 13.4. The molecule has 1 heterocycles. The Balaban J connectivity index is 1.93. The number of rotatable bonds is 2. The van der Waals surface area contributed by atoms with Gasteiger partial charge in [0.25, 0.3) is 10.0 Å². The first-order chi connectivity index (χ1) is 12.2. The van der Waals surface area contributed by atoms with E-state index in [9.17, 15) is 8.42 Å². The number of aromatic nitrogens is 1. The molecular formula is C21H15NO2S. The van der Waals surface area contributed by atoms with Crippen LogP contribution in [0.4, 0.5) is 0 Å². The lowest BCUT2D eigenvalue weighted by Gasteiger charge is -2.12. The first-order valence-corrected chi connectivity index (χ1v) is 9.63. The van der Waals surface area contributed by atoms with Gasteiger partial charge in [-0.1, -0.05) is 60.7 Å². The van der Waals surface area contributed by atoms with Gasteiger partial charge in [0.1, 0.15) is 0 Å². The molecule has 0 saturated carbocycles. The minimum Gasteiger partial charge on any atom is -0.233 e. The predicted molar refractivity (Wildman–Crippen MR) is 99.2 cm³/mol. The Kier molecular flexibility index (Phi) is 2.94. The molecule has 5 rings (SSSR count). The molecule has 0 N–H and O–H groups in total. The van der Waals surface area contributed by atoms with Gasteiger partial charge in [0.2, 0.25) is 0 Å². The van der Waals surface area contributed by atoms with Gasteiger partial charge in [-0.2, -0.15) is 0 Å². The average Bonchev–Trinajstić information content (AvgIpc) is 3.17. The van der Waals surface area contributed by atoms with Crippen LogP contribution < -0.4 is 0 Å². The van der Waals surface area contributed by atoms with Crippen molar-refractivity contribution in [1.29, 1.82) is 0 Å². The van der Waals surface area contributed by atoms with Crippen molar-refractivity contribution in [3.63, 3.8) is 0 Å². The molecule has 4 aromatic rings. The van der Waals surface area contributed by atoms with Crippen molar-refractivity contribution in [3.05, 3.63) is 90.0 Å². The minimum atomic E-state index is -3.67. The molecule has 1 aliphatic carbocycles. The molecule has 3 nitrogen and oxygen atoms in total. The van der Waals surface area contributed by atoms with E-state index in [0.717, 1.165) is 34.1 Å². The summed E-state index contributed by atoms with van der Waals surface area (Å²) in [5.41, 5.74) is 4.83. The molecule has 0 atom stereocenters.